The SMILES string of the molecule is CCC1(CC)c2ccccc2-c2c1ccc1c2oc2c(-c3ccc(C)c[n+]3C)c(C)ccc21.Cc1ccc(-c2c(C)ccc3c2oc2c4c(ccc23)C(C(C)C)(C(C)C)c2ccccc2-4)[n+](C)c1.Cc1ccc(-c2c(C)ccc3c2oc2c4c(ccc23)C(C)(C)c2ccccc2-4)[n+](C)c1.Cc1ccc(-c2c(C)ccc3c2oc2c4c(ccc23)C(CC(C)C)(CC(C)C)c2ccccc2-4)[n+](C)c1. The van der Waals surface area contributed by atoms with Gasteiger partial charge < -0.3 is 17.7 Å². The number of aryl methyl sites for hydroxylation is 12. The minimum absolute atomic E-state index is 0.0174. The Morgan fingerprint density at radius 1 is 0.243 bits per heavy atom. The van der Waals surface area contributed by atoms with Crippen molar-refractivity contribution in [2.45, 2.75) is 186 Å². The summed E-state index contributed by atoms with van der Waals surface area (Å²) in [5, 5.41) is 9.57. The Morgan fingerprint density at radius 3 is 0.794 bits per heavy atom. The summed E-state index contributed by atoms with van der Waals surface area (Å²) >= 11 is 0. The fourth-order valence-electron chi connectivity index (χ4n) is 26.0. The summed E-state index contributed by atoms with van der Waals surface area (Å²) in [6, 6.07) is 89.9. The summed E-state index contributed by atoms with van der Waals surface area (Å²) in [6.45, 7) is 45.4. The number of fused-ring (bicyclic) bond motifs is 28. The molecule has 0 bridgehead atoms. The summed E-state index contributed by atoms with van der Waals surface area (Å²) in [4.78, 5) is 0. The number of nitrogens with zero attached hydrogens (tertiary/aromatic N) is 4. The van der Waals surface area contributed by atoms with Crippen LogP contribution in [0.4, 0.5) is 0 Å². The van der Waals surface area contributed by atoms with Crippen molar-refractivity contribution < 1.29 is 35.9 Å². The summed E-state index contributed by atoms with van der Waals surface area (Å²) in [5.41, 5.74) is 49.2. The largest absolute Gasteiger partial charge is 0.454 e. The molecule has 0 saturated heterocycles. The molecule has 4 aliphatic rings. The lowest BCUT2D eigenvalue weighted by atomic mass is 9.63. The van der Waals surface area contributed by atoms with Crippen LogP contribution in [0.5, 0.6) is 0 Å². The monoisotopic (exact) mass is 1780 g/mol. The first-order valence-electron chi connectivity index (χ1n) is 49.6. The minimum atomic E-state index is -0.0266. The Labute approximate surface area is 802 Å². The Kier molecular flexibility index (Phi) is 21.7. The molecule has 20 aromatic rings. The van der Waals surface area contributed by atoms with E-state index in [0.717, 1.165) is 70.3 Å². The zero-order valence-electron chi connectivity index (χ0n) is 84.0. The van der Waals surface area contributed by atoms with Crippen LogP contribution in [0, 0.1) is 79.1 Å². The third-order valence-corrected chi connectivity index (χ3v) is 31.8. The van der Waals surface area contributed by atoms with Gasteiger partial charge in [0.05, 0.1) is 22.3 Å². The van der Waals surface area contributed by atoms with Gasteiger partial charge in [-0.25, -0.2) is 18.3 Å². The molecule has 8 heterocycles. The third kappa shape index (κ3) is 13.4. The van der Waals surface area contributed by atoms with E-state index in [2.05, 4.69) is 452 Å². The maximum Gasteiger partial charge on any atom is 0.216 e. The molecule has 680 valence electrons. The number of benzene rings is 12. The predicted molar refractivity (Wildman–Crippen MR) is 565 cm³/mol. The van der Waals surface area contributed by atoms with Gasteiger partial charge in [0.15, 0.2) is 24.8 Å². The highest BCUT2D eigenvalue weighted by Gasteiger charge is 2.51. The van der Waals surface area contributed by atoms with Gasteiger partial charge in [0.2, 0.25) is 22.8 Å². The van der Waals surface area contributed by atoms with E-state index in [-0.39, 0.29) is 21.7 Å². The van der Waals surface area contributed by atoms with Gasteiger partial charge in [-0.2, -0.15) is 0 Å². The van der Waals surface area contributed by atoms with Crippen LogP contribution >= 0.6 is 0 Å². The van der Waals surface area contributed by atoms with Crippen LogP contribution in [0.1, 0.15) is 198 Å². The predicted octanol–water partition coefficient (Wildman–Crippen LogP) is 32.1. The molecule has 0 spiro atoms. The van der Waals surface area contributed by atoms with Gasteiger partial charge in [0.25, 0.3) is 0 Å². The van der Waals surface area contributed by atoms with Crippen molar-refractivity contribution >= 4 is 87.8 Å². The molecule has 12 aromatic carbocycles. The summed E-state index contributed by atoms with van der Waals surface area (Å²) in [7, 11) is 8.48. The molecule has 136 heavy (non-hydrogen) atoms. The molecule has 8 aromatic heterocycles. The lowest BCUT2D eigenvalue weighted by molar-refractivity contribution is -0.660. The van der Waals surface area contributed by atoms with Crippen molar-refractivity contribution in [1.29, 1.82) is 0 Å². The second-order valence-electron chi connectivity index (χ2n) is 42.3. The fourth-order valence-corrected chi connectivity index (χ4v) is 26.0. The molecule has 0 radical (unpaired) electrons. The molecule has 0 saturated carbocycles. The first-order chi connectivity index (χ1) is 65.3. The van der Waals surface area contributed by atoms with E-state index in [1.807, 2.05) is 0 Å². The van der Waals surface area contributed by atoms with Crippen molar-refractivity contribution in [3.8, 4) is 89.5 Å². The molecule has 0 N–H and O–H groups in total. The van der Waals surface area contributed by atoms with Crippen molar-refractivity contribution in [3.05, 3.63) is 356 Å². The van der Waals surface area contributed by atoms with Crippen LogP contribution in [0.3, 0.4) is 0 Å². The molecule has 8 nitrogen and oxygen atoms in total. The average Bonchev–Trinajstić information content (AvgIpc) is 1.53. The maximum atomic E-state index is 6.99. The zero-order chi connectivity index (χ0) is 95.1. The van der Waals surface area contributed by atoms with E-state index < -0.39 is 0 Å². The number of hydrogen-bond acceptors (Lipinski definition) is 4. The Balaban J connectivity index is 0.000000109. The van der Waals surface area contributed by atoms with Gasteiger partial charge in [-0.1, -0.05) is 277 Å². The number of rotatable bonds is 12. The number of pyridine rings is 4. The molecule has 0 fully saturated rings. The van der Waals surface area contributed by atoms with Crippen molar-refractivity contribution in [1.82, 2.24) is 0 Å². The number of aromatic nitrogens is 4. The first kappa shape index (κ1) is 89.0. The Morgan fingerprint density at radius 2 is 0.485 bits per heavy atom. The van der Waals surface area contributed by atoms with Crippen molar-refractivity contribution in [2.75, 3.05) is 0 Å². The topological polar surface area (TPSA) is 68.1 Å². The molecule has 0 atom stereocenters. The minimum Gasteiger partial charge on any atom is -0.454 e. The van der Waals surface area contributed by atoms with Gasteiger partial charge in [0.1, 0.15) is 72.9 Å². The van der Waals surface area contributed by atoms with Crippen molar-refractivity contribution in [2.24, 2.45) is 51.9 Å². The maximum absolute atomic E-state index is 6.99. The van der Waals surface area contributed by atoms with Crippen LogP contribution in [0.25, 0.3) is 177 Å². The van der Waals surface area contributed by atoms with E-state index in [1.165, 1.54) is 222 Å². The quantitative estimate of drug-likeness (QED) is 0.114. The van der Waals surface area contributed by atoms with Gasteiger partial charge in [0, 0.05) is 134 Å². The zero-order valence-corrected chi connectivity index (χ0v) is 84.0. The first-order valence-corrected chi connectivity index (χ1v) is 49.6. The van der Waals surface area contributed by atoms with E-state index in [0.29, 0.717) is 23.7 Å². The van der Waals surface area contributed by atoms with Gasteiger partial charge in [-0.3, -0.25) is 0 Å². The Hall–Kier alpha value is -13.6. The number of hydrogen-bond donors (Lipinski definition) is 0. The fraction of sp³-hybridized carbons (Fsp3) is 0.281. The molecule has 0 amide bonds. The van der Waals surface area contributed by atoms with E-state index in [9.17, 15) is 0 Å². The molecule has 0 aliphatic heterocycles. The van der Waals surface area contributed by atoms with Gasteiger partial charge >= 0.3 is 0 Å². The summed E-state index contributed by atoms with van der Waals surface area (Å²) in [6.07, 6.45) is 13.2. The van der Waals surface area contributed by atoms with Crippen LogP contribution in [-0.2, 0) is 49.9 Å². The second kappa shape index (κ2) is 33.2. The third-order valence-electron chi connectivity index (χ3n) is 31.8. The van der Waals surface area contributed by atoms with E-state index in [1.54, 1.807) is 0 Å². The lowest BCUT2D eigenvalue weighted by Crippen LogP contribution is -2.37. The van der Waals surface area contributed by atoms with Crippen LogP contribution < -0.4 is 18.3 Å². The van der Waals surface area contributed by atoms with Crippen LogP contribution in [0.2, 0.25) is 0 Å². The smallest absolute Gasteiger partial charge is 0.216 e. The highest BCUT2D eigenvalue weighted by atomic mass is 16.3. The number of furan rings is 4. The average molecular weight is 1790 g/mol. The standard InChI is InChI=1S/C35H38NO.C33H34NO.C31H30NO.C29H26NO/c1-21(2)18-35(19-22(3)4)28-11-9-8-10-27(28)32-29(35)16-15-26-25-14-13-24(6)31(33(25)37-34(26)32)30-17-12-23(5)20-36(30)7;1-19(2)33(20(3)4)26-11-9-8-10-25(26)30-27(33)16-15-24-23-14-13-22(6)29(31(23)35-32(24)30)28-17-12-21(5)18-34(28)7;1-6-31(7-2)24-11-9-8-10-23(24)28-25(31)16-15-22-21-14-13-20(4)27(29(21)33-30(22)28)26-17-12-19(3)18-32(26)5;1-17-10-15-24(30(5)16-17)25-18(2)11-12-19-20-13-14-23-26(28(20)31-27(19)25)21-8-6-7-9-22(21)29(23,3)4/h8-17,20-22H,18-19H2,1-7H3;8-20H,1-7H3;8-18H,6-7H2,1-5H3;6-16H,1-5H3/q4*+1. The van der Waals surface area contributed by atoms with Crippen molar-refractivity contribution in [3.63, 3.8) is 0 Å². The molecule has 8 heteroatoms. The molecular formula is C128H128N4O4+4. The van der Waals surface area contributed by atoms with Gasteiger partial charge in [-0.05, 0) is 218 Å². The molecule has 0 unspecified atom stereocenters. The van der Waals surface area contributed by atoms with E-state index >= 15 is 0 Å². The Bertz CT molecular complexity index is 8320. The molecule has 24 rings (SSSR count). The highest BCUT2D eigenvalue weighted by Crippen LogP contribution is 2.63. The highest BCUT2D eigenvalue weighted by molar-refractivity contribution is 6.19. The van der Waals surface area contributed by atoms with E-state index in [4.69, 9.17) is 17.7 Å². The van der Waals surface area contributed by atoms with Gasteiger partial charge in [-0.15, -0.1) is 0 Å². The van der Waals surface area contributed by atoms with Crippen LogP contribution in [-0.4, -0.2) is 0 Å². The molecule has 4 aliphatic carbocycles. The second-order valence-corrected chi connectivity index (χ2v) is 42.3. The normalized spacial score (nSPS) is 14.2. The van der Waals surface area contributed by atoms with Crippen LogP contribution in [0.15, 0.2) is 285 Å². The lowest BCUT2D eigenvalue weighted by Gasteiger charge is -2.40. The summed E-state index contributed by atoms with van der Waals surface area (Å²) < 4.78 is 36.4. The summed E-state index contributed by atoms with van der Waals surface area (Å²) in [5.74, 6) is 2.13. The molecular weight excluding hydrogens is 1660 g/mol.